The lowest BCUT2D eigenvalue weighted by molar-refractivity contribution is -0.384. The van der Waals surface area contributed by atoms with Gasteiger partial charge in [0.2, 0.25) is 0 Å². The Morgan fingerprint density at radius 1 is 1.22 bits per heavy atom. The number of hydrogen-bond acceptors (Lipinski definition) is 4. The van der Waals surface area contributed by atoms with Crippen molar-refractivity contribution in [3.05, 3.63) is 64.2 Å². The van der Waals surface area contributed by atoms with Crippen LogP contribution >= 0.6 is 0 Å². The van der Waals surface area contributed by atoms with Gasteiger partial charge < -0.3 is 10.1 Å². The van der Waals surface area contributed by atoms with E-state index in [1.165, 1.54) is 24.3 Å². The minimum atomic E-state index is -0.531. The van der Waals surface area contributed by atoms with Crippen LogP contribution in [0.2, 0.25) is 0 Å². The SMILES string of the molecule is CC(C)COc1cccc(NC(=O)c2cccc([N+](=O)[O-])c2)c1. The predicted octanol–water partition coefficient (Wildman–Crippen LogP) is 3.88. The number of ether oxygens (including phenoxy) is 1. The molecule has 0 radical (unpaired) electrons. The molecule has 6 nitrogen and oxygen atoms in total. The number of nitro groups is 1. The number of hydrogen-bond donors (Lipinski definition) is 1. The fourth-order valence-electron chi connectivity index (χ4n) is 1.89. The van der Waals surface area contributed by atoms with Crippen LogP contribution in [0.4, 0.5) is 11.4 Å². The molecule has 0 atom stereocenters. The van der Waals surface area contributed by atoms with Gasteiger partial charge >= 0.3 is 0 Å². The number of non-ortho nitro benzene ring substituents is 1. The third kappa shape index (κ3) is 4.81. The van der Waals surface area contributed by atoms with Gasteiger partial charge in [0.25, 0.3) is 11.6 Å². The first-order valence-corrected chi connectivity index (χ1v) is 7.24. The second-order valence-corrected chi connectivity index (χ2v) is 5.49. The van der Waals surface area contributed by atoms with Gasteiger partial charge in [-0.3, -0.25) is 14.9 Å². The molecule has 1 amide bonds. The van der Waals surface area contributed by atoms with E-state index in [0.717, 1.165) is 0 Å². The number of anilines is 1. The first kappa shape index (κ1) is 16.5. The molecule has 120 valence electrons. The van der Waals surface area contributed by atoms with E-state index in [1.54, 1.807) is 18.2 Å². The molecule has 1 N–H and O–H groups in total. The van der Waals surface area contributed by atoms with Crippen molar-refractivity contribution in [2.24, 2.45) is 5.92 Å². The van der Waals surface area contributed by atoms with Crippen molar-refractivity contribution < 1.29 is 14.5 Å². The summed E-state index contributed by atoms with van der Waals surface area (Å²) in [6, 6.07) is 12.6. The summed E-state index contributed by atoms with van der Waals surface area (Å²) in [6.45, 7) is 4.68. The highest BCUT2D eigenvalue weighted by Crippen LogP contribution is 2.20. The summed E-state index contributed by atoms with van der Waals surface area (Å²) in [7, 11) is 0. The summed E-state index contributed by atoms with van der Waals surface area (Å²) in [4.78, 5) is 22.4. The zero-order chi connectivity index (χ0) is 16.8. The Hall–Kier alpha value is -2.89. The van der Waals surface area contributed by atoms with Gasteiger partial charge in [0.1, 0.15) is 5.75 Å². The normalized spacial score (nSPS) is 10.4. The Bertz CT molecular complexity index is 713. The number of rotatable bonds is 6. The maximum Gasteiger partial charge on any atom is 0.270 e. The second kappa shape index (κ2) is 7.40. The van der Waals surface area contributed by atoms with Gasteiger partial charge in [-0.25, -0.2) is 0 Å². The Morgan fingerprint density at radius 3 is 2.65 bits per heavy atom. The molecule has 0 bridgehead atoms. The third-order valence-corrected chi connectivity index (χ3v) is 2.99. The number of amides is 1. The number of nitrogens with zero attached hydrogens (tertiary/aromatic N) is 1. The van der Waals surface area contributed by atoms with E-state index in [4.69, 9.17) is 4.74 Å². The van der Waals surface area contributed by atoms with Gasteiger partial charge in [-0.15, -0.1) is 0 Å². The monoisotopic (exact) mass is 314 g/mol. The van der Waals surface area contributed by atoms with Crippen LogP contribution in [0.5, 0.6) is 5.75 Å². The molecule has 6 heteroatoms. The van der Waals surface area contributed by atoms with Crippen molar-refractivity contribution in [2.45, 2.75) is 13.8 Å². The van der Waals surface area contributed by atoms with E-state index in [9.17, 15) is 14.9 Å². The van der Waals surface area contributed by atoms with E-state index in [0.29, 0.717) is 24.0 Å². The van der Waals surface area contributed by atoms with Crippen molar-refractivity contribution >= 4 is 17.3 Å². The lowest BCUT2D eigenvalue weighted by Crippen LogP contribution is -2.12. The van der Waals surface area contributed by atoms with Gasteiger partial charge in [-0.1, -0.05) is 26.0 Å². The molecule has 0 aliphatic heterocycles. The minimum absolute atomic E-state index is 0.119. The smallest absolute Gasteiger partial charge is 0.270 e. The van der Waals surface area contributed by atoms with Crippen molar-refractivity contribution in [3.8, 4) is 5.75 Å². The number of carbonyl (C=O) groups is 1. The summed E-state index contributed by atoms with van der Waals surface area (Å²) >= 11 is 0. The maximum absolute atomic E-state index is 12.2. The lowest BCUT2D eigenvalue weighted by atomic mass is 10.2. The molecule has 0 saturated heterocycles. The van der Waals surface area contributed by atoms with E-state index < -0.39 is 10.8 Å². The first-order chi connectivity index (χ1) is 11.0. The van der Waals surface area contributed by atoms with Crippen LogP contribution in [0.1, 0.15) is 24.2 Å². The van der Waals surface area contributed by atoms with Gasteiger partial charge in [-0.2, -0.15) is 0 Å². The van der Waals surface area contributed by atoms with E-state index in [2.05, 4.69) is 5.32 Å². The molecule has 0 aromatic heterocycles. The average Bonchev–Trinajstić information content (AvgIpc) is 2.53. The Kier molecular flexibility index (Phi) is 5.30. The van der Waals surface area contributed by atoms with Crippen LogP contribution in [0.25, 0.3) is 0 Å². The first-order valence-electron chi connectivity index (χ1n) is 7.24. The summed E-state index contributed by atoms with van der Waals surface area (Å²) in [5, 5.41) is 13.5. The number of carbonyl (C=O) groups excluding carboxylic acids is 1. The quantitative estimate of drug-likeness (QED) is 0.648. The van der Waals surface area contributed by atoms with Gasteiger partial charge in [0, 0.05) is 29.4 Å². The Morgan fingerprint density at radius 2 is 1.96 bits per heavy atom. The van der Waals surface area contributed by atoms with Crippen LogP contribution in [0.15, 0.2) is 48.5 Å². The predicted molar refractivity (Wildman–Crippen MR) is 87.8 cm³/mol. The highest BCUT2D eigenvalue weighted by Gasteiger charge is 2.12. The molecule has 0 fully saturated rings. The van der Waals surface area contributed by atoms with Crippen molar-refractivity contribution in [3.63, 3.8) is 0 Å². The molecule has 0 aliphatic rings. The molecule has 2 aromatic carbocycles. The molecule has 0 unspecified atom stereocenters. The van der Waals surface area contributed by atoms with Crippen molar-refractivity contribution in [1.82, 2.24) is 0 Å². The second-order valence-electron chi connectivity index (χ2n) is 5.49. The van der Waals surface area contributed by atoms with Crippen LogP contribution in [0, 0.1) is 16.0 Å². The van der Waals surface area contributed by atoms with Crippen molar-refractivity contribution in [1.29, 1.82) is 0 Å². The number of nitro benzene ring substituents is 1. The Labute approximate surface area is 134 Å². The number of benzene rings is 2. The zero-order valence-corrected chi connectivity index (χ0v) is 13.0. The topological polar surface area (TPSA) is 81.5 Å². The summed E-state index contributed by atoms with van der Waals surface area (Å²) in [5.41, 5.74) is 0.683. The molecule has 0 aliphatic carbocycles. The highest BCUT2D eigenvalue weighted by atomic mass is 16.6. The highest BCUT2D eigenvalue weighted by molar-refractivity contribution is 6.04. The lowest BCUT2D eigenvalue weighted by Gasteiger charge is -2.10. The van der Waals surface area contributed by atoms with Crippen LogP contribution in [0.3, 0.4) is 0 Å². The summed E-state index contributed by atoms with van der Waals surface area (Å²) in [5.74, 6) is 0.656. The molecule has 0 heterocycles. The zero-order valence-electron chi connectivity index (χ0n) is 13.0. The average molecular weight is 314 g/mol. The summed E-state index contributed by atoms with van der Waals surface area (Å²) < 4.78 is 5.61. The Balaban J connectivity index is 2.09. The third-order valence-electron chi connectivity index (χ3n) is 2.99. The summed E-state index contributed by atoms with van der Waals surface area (Å²) in [6.07, 6.45) is 0. The van der Waals surface area contributed by atoms with Crippen molar-refractivity contribution in [2.75, 3.05) is 11.9 Å². The minimum Gasteiger partial charge on any atom is -0.493 e. The number of nitrogens with one attached hydrogen (secondary N) is 1. The fraction of sp³-hybridized carbons (Fsp3) is 0.235. The van der Waals surface area contributed by atoms with E-state index in [-0.39, 0.29) is 11.3 Å². The van der Waals surface area contributed by atoms with Crippen LogP contribution in [-0.2, 0) is 0 Å². The fourth-order valence-corrected chi connectivity index (χ4v) is 1.89. The maximum atomic E-state index is 12.2. The molecular weight excluding hydrogens is 296 g/mol. The van der Waals surface area contributed by atoms with E-state index in [1.807, 2.05) is 19.9 Å². The van der Waals surface area contributed by atoms with Gasteiger partial charge in [0.05, 0.1) is 11.5 Å². The standard InChI is InChI=1S/C17H18N2O4/c1-12(2)11-23-16-8-4-6-14(10-16)18-17(20)13-5-3-7-15(9-13)19(21)22/h3-10,12H,11H2,1-2H3,(H,18,20). The largest absolute Gasteiger partial charge is 0.493 e. The molecule has 2 rings (SSSR count). The van der Waals surface area contributed by atoms with Crippen LogP contribution in [-0.4, -0.2) is 17.4 Å². The molecular formula is C17H18N2O4. The molecule has 23 heavy (non-hydrogen) atoms. The van der Waals surface area contributed by atoms with Gasteiger partial charge in [-0.05, 0) is 24.1 Å². The molecule has 2 aromatic rings. The van der Waals surface area contributed by atoms with Gasteiger partial charge in [0.15, 0.2) is 0 Å². The van der Waals surface area contributed by atoms with Crippen LogP contribution < -0.4 is 10.1 Å². The molecule has 0 spiro atoms. The molecule has 0 saturated carbocycles. The van der Waals surface area contributed by atoms with E-state index >= 15 is 0 Å².